The van der Waals surface area contributed by atoms with E-state index in [9.17, 15) is 8.78 Å². The van der Waals surface area contributed by atoms with Gasteiger partial charge in [0.05, 0.1) is 13.2 Å². The van der Waals surface area contributed by atoms with Gasteiger partial charge < -0.3 is 20.1 Å². The number of halogens is 2. The standard InChI is InChI=1S/C20H23F2N3O2S/c21-19(22)27-18-7-5-17(6-8-18)24-20(28)23-13-15-3-1-2-4-16(15)14-25-9-11-26-12-10-25/h1-8,19H,9-14H2,(H2,23,24,28). The summed E-state index contributed by atoms with van der Waals surface area (Å²) in [6.07, 6.45) is 0. The SMILES string of the molecule is FC(F)Oc1ccc(NC(=S)NCc2ccccc2CN2CCOCC2)cc1. The fourth-order valence-corrected chi connectivity index (χ4v) is 3.14. The molecule has 0 spiro atoms. The highest BCUT2D eigenvalue weighted by atomic mass is 32.1. The molecule has 0 saturated carbocycles. The van der Waals surface area contributed by atoms with Crippen molar-refractivity contribution in [3.63, 3.8) is 0 Å². The summed E-state index contributed by atoms with van der Waals surface area (Å²) in [5, 5.41) is 6.70. The van der Waals surface area contributed by atoms with Crippen LogP contribution < -0.4 is 15.4 Å². The maximum Gasteiger partial charge on any atom is 0.387 e. The van der Waals surface area contributed by atoms with Crippen LogP contribution in [0.2, 0.25) is 0 Å². The third-order valence-corrected chi connectivity index (χ3v) is 4.64. The van der Waals surface area contributed by atoms with Gasteiger partial charge in [-0.3, -0.25) is 4.90 Å². The van der Waals surface area contributed by atoms with Crippen molar-refractivity contribution in [2.24, 2.45) is 0 Å². The van der Waals surface area contributed by atoms with Crippen molar-refractivity contribution in [2.75, 3.05) is 31.6 Å². The first kappa shape index (κ1) is 20.4. The Balaban J connectivity index is 1.51. The Kier molecular flexibility index (Phi) is 7.53. The van der Waals surface area contributed by atoms with E-state index in [-0.39, 0.29) is 5.75 Å². The number of anilines is 1. The second kappa shape index (κ2) is 10.3. The van der Waals surface area contributed by atoms with E-state index in [1.165, 1.54) is 23.3 Å². The average Bonchev–Trinajstić information content (AvgIpc) is 2.69. The van der Waals surface area contributed by atoms with Gasteiger partial charge in [-0.05, 0) is 47.6 Å². The Morgan fingerprint density at radius 2 is 1.75 bits per heavy atom. The normalized spacial score (nSPS) is 14.7. The first-order valence-electron chi connectivity index (χ1n) is 9.07. The Morgan fingerprint density at radius 1 is 1.07 bits per heavy atom. The number of nitrogens with zero attached hydrogens (tertiary/aromatic N) is 1. The summed E-state index contributed by atoms with van der Waals surface area (Å²) >= 11 is 5.34. The first-order chi connectivity index (χ1) is 13.6. The Bertz CT molecular complexity index is 768. The van der Waals surface area contributed by atoms with E-state index in [1.54, 1.807) is 12.1 Å². The van der Waals surface area contributed by atoms with Gasteiger partial charge in [0.2, 0.25) is 0 Å². The highest BCUT2D eigenvalue weighted by molar-refractivity contribution is 7.80. The Morgan fingerprint density at radius 3 is 2.43 bits per heavy atom. The van der Waals surface area contributed by atoms with E-state index in [0.29, 0.717) is 17.3 Å². The van der Waals surface area contributed by atoms with Crippen LogP contribution in [0.15, 0.2) is 48.5 Å². The second-order valence-electron chi connectivity index (χ2n) is 6.37. The van der Waals surface area contributed by atoms with Crippen LogP contribution in [-0.2, 0) is 17.8 Å². The van der Waals surface area contributed by atoms with Crippen LogP contribution in [0.25, 0.3) is 0 Å². The number of alkyl halides is 2. The zero-order valence-corrected chi connectivity index (χ0v) is 16.2. The molecule has 0 unspecified atom stereocenters. The molecule has 1 saturated heterocycles. The molecule has 0 amide bonds. The molecule has 0 bridgehead atoms. The fourth-order valence-electron chi connectivity index (χ4n) is 2.95. The van der Waals surface area contributed by atoms with Crippen LogP contribution in [0.3, 0.4) is 0 Å². The van der Waals surface area contributed by atoms with E-state index in [0.717, 1.165) is 32.8 Å². The van der Waals surface area contributed by atoms with Gasteiger partial charge in [-0.15, -0.1) is 0 Å². The largest absolute Gasteiger partial charge is 0.435 e. The zero-order valence-electron chi connectivity index (χ0n) is 15.4. The van der Waals surface area contributed by atoms with Crippen molar-refractivity contribution in [3.05, 3.63) is 59.7 Å². The lowest BCUT2D eigenvalue weighted by atomic mass is 10.1. The molecular formula is C20H23F2N3O2S. The van der Waals surface area contributed by atoms with E-state index in [2.05, 4.69) is 32.4 Å². The van der Waals surface area contributed by atoms with Crippen LogP contribution in [-0.4, -0.2) is 42.9 Å². The third-order valence-electron chi connectivity index (χ3n) is 4.39. The molecule has 0 aromatic heterocycles. The summed E-state index contributed by atoms with van der Waals surface area (Å²) in [5.41, 5.74) is 3.13. The number of morpholine rings is 1. The Hall–Kier alpha value is -2.29. The van der Waals surface area contributed by atoms with Gasteiger partial charge in [-0.1, -0.05) is 24.3 Å². The fraction of sp³-hybridized carbons (Fsp3) is 0.350. The Labute approximate surface area is 168 Å². The van der Waals surface area contributed by atoms with Gasteiger partial charge >= 0.3 is 6.61 Å². The number of ether oxygens (including phenoxy) is 2. The molecule has 150 valence electrons. The number of thiocarbonyl (C=S) groups is 1. The highest BCUT2D eigenvalue weighted by Crippen LogP contribution is 2.18. The molecule has 0 atom stereocenters. The zero-order chi connectivity index (χ0) is 19.8. The van der Waals surface area contributed by atoms with E-state index in [4.69, 9.17) is 17.0 Å². The van der Waals surface area contributed by atoms with E-state index < -0.39 is 6.61 Å². The van der Waals surface area contributed by atoms with Crippen molar-refractivity contribution in [1.82, 2.24) is 10.2 Å². The van der Waals surface area contributed by atoms with Crippen molar-refractivity contribution < 1.29 is 18.3 Å². The maximum atomic E-state index is 12.2. The summed E-state index contributed by atoms with van der Waals surface area (Å²) in [6, 6.07) is 14.5. The minimum atomic E-state index is -2.83. The molecule has 0 aliphatic carbocycles. The molecule has 1 aliphatic rings. The topological polar surface area (TPSA) is 45.8 Å². The van der Waals surface area contributed by atoms with E-state index >= 15 is 0 Å². The van der Waals surface area contributed by atoms with Gasteiger partial charge in [0.15, 0.2) is 5.11 Å². The summed E-state index contributed by atoms with van der Waals surface area (Å²) in [7, 11) is 0. The van der Waals surface area contributed by atoms with Gasteiger partial charge in [0, 0.05) is 31.9 Å². The third kappa shape index (κ3) is 6.40. The monoisotopic (exact) mass is 407 g/mol. The van der Waals surface area contributed by atoms with Crippen molar-refractivity contribution in [3.8, 4) is 5.75 Å². The average molecular weight is 407 g/mol. The number of hydrogen-bond donors (Lipinski definition) is 2. The molecule has 1 aliphatic heterocycles. The summed E-state index contributed by atoms with van der Waals surface area (Å²) < 4.78 is 34.1. The van der Waals surface area contributed by atoms with Crippen LogP contribution in [0.4, 0.5) is 14.5 Å². The number of rotatable bonds is 7. The van der Waals surface area contributed by atoms with E-state index in [1.807, 2.05) is 12.1 Å². The molecule has 28 heavy (non-hydrogen) atoms. The molecule has 2 aromatic carbocycles. The molecular weight excluding hydrogens is 384 g/mol. The minimum Gasteiger partial charge on any atom is -0.435 e. The van der Waals surface area contributed by atoms with Crippen molar-refractivity contribution in [2.45, 2.75) is 19.7 Å². The minimum absolute atomic E-state index is 0.108. The smallest absolute Gasteiger partial charge is 0.387 e. The molecule has 0 radical (unpaired) electrons. The lowest BCUT2D eigenvalue weighted by molar-refractivity contribution is -0.0498. The lowest BCUT2D eigenvalue weighted by Gasteiger charge is -2.27. The molecule has 2 N–H and O–H groups in total. The van der Waals surface area contributed by atoms with Crippen LogP contribution in [0.5, 0.6) is 5.75 Å². The van der Waals surface area contributed by atoms with Crippen molar-refractivity contribution in [1.29, 1.82) is 0 Å². The van der Waals surface area contributed by atoms with Crippen LogP contribution >= 0.6 is 12.2 Å². The quantitative estimate of drug-likeness (QED) is 0.684. The van der Waals surface area contributed by atoms with Gasteiger partial charge in [0.1, 0.15) is 5.75 Å². The van der Waals surface area contributed by atoms with Crippen LogP contribution in [0, 0.1) is 0 Å². The molecule has 2 aromatic rings. The summed E-state index contributed by atoms with van der Waals surface area (Å²) in [4.78, 5) is 2.38. The van der Waals surface area contributed by atoms with Gasteiger partial charge in [-0.25, -0.2) is 0 Å². The predicted molar refractivity (Wildman–Crippen MR) is 109 cm³/mol. The molecule has 1 fully saturated rings. The first-order valence-corrected chi connectivity index (χ1v) is 9.47. The van der Waals surface area contributed by atoms with Gasteiger partial charge in [0.25, 0.3) is 0 Å². The summed E-state index contributed by atoms with van der Waals surface area (Å²) in [6.45, 7) is 2.07. The van der Waals surface area contributed by atoms with Gasteiger partial charge in [-0.2, -0.15) is 8.78 Å². The molecule has 5 nitrogen and oxygen atoms in total. The molecule has 1 heterocycles. The predicted octanol–water partition coefficient (Wildman–Crippen LogP) is 3.61. The maximum absolute atomic E-state index is 12.2. The summed E-state index contributed by atoms with van der Waals surface area (Å²) in [5.74, 6) is 0.108. The number of nitrogens with one attached hydrogen (secondary N) is 2. The van der Waals surface area contributed by atoms with Crippen LogP contribution in [0.1, 0.15) is 11.1 Å². The van der Waals surface area contributed by atoms with Crippen molar-refractivity contribution >= 4 is 23.0 Å². The lowest BCUT2D eigenvalue weighted by Crippen LogP contribution is -2.36. The molecule has 8 heteroatoms. The number of hydrogen-bond acceptors (Lipinski definition) is 4. The number of benzene rings is 2. The molecule has 3 rings (SSSR count). The second-order valence-corrected chi connectivity index (χ2v) is 6.78. The highest BCUT2D eigenvalue weighted by Gasteiger charge is 2.12.